The molecule has 0 heterocycles. The lowest BCUT2D eigenvalue weighted by atomic mass is 9.99. The van der Waals surface area contributed by atoms with E-state index in [0.717, 1.165) is 12.0 Å². The molecule has 6 nitrogen and oxygen atoms in total. The van der Waals surface area contributed by atoms with Gasteiger partial charge in [0.2, 0.25) is 0 Å². The van der Waals surface area contributed by atoms with Gasteiger partial charge in [-0.15, -0.1) is 0 Å². The van der Waals surface area contributed by atoms with Gasteiger partial charge in [-0.05, 0) is 72.0 Å². The molecule has 0 aliphatic carbocycles. The number of carbonyl (C=O) groups is 2. The topological polar surface area (TPSA) is 77.0 Å². The smallest absolute Gasteiger partial charge is 0.343 e. The third kappa shape index (κ3) is 6.80. The lowest BCUT2D eigenvalue weighted by Crippen LogP contribution is -2.24. The van der Waals surface area contributed by atoms with E-state index in [1.165, 1.54) is 11.8 Å². The molecule has 1 unspecified atom stereocenters. The first-order chi connectivity index (χ1) is 15.5. The van der Waals surface area contributed by atoms with E-state index in [4.69, 9.17) is 9.47 Å². The predicted molar refractivity (Wildman–Crippen MR) is 124 cm³/mol. The minimum absolute atomic E-state index is 0.131. The number of rotatable bonds is 9. The second kappa shape index (κ2) is 11.5. The van der Waals surface area contributed by atoms with Crippen LogP contribution < -0.4 is 14.9 Å². The van der Waals surface area contributed by atoms with Crippen LogP contribution in [-0.2, 0) is 4.79 Å². The van der Waals surface area contributed by atoms with Gasteiger partial charge < -0.3 is 9.47 Å². The maximum atomic E-state index is 12.1. The number of ether oxygens (including phenoxy) is 2. The van der Waals surface area contributed by atoms with E-state index >= 15 is 0 Å². The Hall–Kier alpha value is -3.93. The Morgan fingerprint density at radius 3 is 2.25 bits per heavy atom. The van der Waals surface area contributed by atoms with Crippen molar-refractivity contribution in [3.63, 3.8) is 0 Å². The van der Waals surface area contributed by atoms with Crippen LogP contribution in [0.4, 0.5) is 0 Å². The summed E-state index contributed by atoms with van der Waals surface area (Å²) in [6, 6.07) is 23.3. The van der Waals surface area contributed by atoms with Crippen molar-refractivity contribution in [3.05, 3.63) is 95.6 Å². The maximum Gasteiger partial charge on any atom is 0.343 e. The predicted octanol–water partition coefficient (Wildman–Crippen LogP) is 4.95. The van der Waals surface area contributed by atoms with E-state index in [1.54, 1.807) is 48.5 Å². The summed E-state index contributed by atoms with van der Waals surface area (Å²) < 4.78 is 10.8. The van der Waals surface area contributed by atoms with Crippen LogP contribution in [-0.4, -0.2) is 24.7 Å². The van der Waals surface area contributed by atoms with Gasteiger partial charge >= 0.3 is 5.97 Å². The highest BCUT2D eigenvalue weighted by atomic mass is 16.5. The Bertz CT molecular complexity index is 1050. The average molecular weight is 431 g/mol. The molecule has 164 valence electrons. The molecule has 3 aromatic carbocycles. The highest BCUT2D eigenvalue weighted by Crippen LogP contribution is 2.21. The molecule has 0 aliphatic rings. The second-order valence-corrected chi connectivity index (χ2v) is 7.28. The number of hydrazone groups is 1. The molecular weight excluding hydrogens is 404 g/mol. The molecule has 0 aromatic heterocycles. The van der Waals surface area contributed by atoms with Crippen molar-refractivity contribution in [2.45, 2.75) is 26.2 Å². The van der Waals surface area contributed by atoms with E-state index in [0.29, 0.717) is 23.0 Å². The Balaban J connectivity index is 1.43. The van der Waals surface area contributed by atoms with E-state index in [1.807, 2.05) is 30.3 Å². The van der Waals surface area contributed by atoms with E-state index in [2.05, 4.69) is 24.4 Å². The molecule has 1 N–H and O–H groups in total. The van der Waals surface area contributed by atoms with Crippen molar-refractivity contribution in [1.29, 1.82) is 0 Å². The summed E-state index contributed by atoms with van der Waals surface area (Å²) in [7, 11) is 0. The number of nitrogens with one attached hydrogen (secondary N) is 1. The van der Waals surface area contributed by atoms with Crippen molar-refractivity contribution in [3.8, 4) is 11.5 Å². The van der Waals surface area contributed by atoms with Crippen molar-refractivity contribution >= 4 is 18.1 Å². The fourth-order valence-corrected chi connectivity index (χ4v) is 2.85. The lowest BCUT2D eigenvalue weighted by Gasteiger charge is -2.10. The van der Waals surface area contributed by atoms with Gasteiger partial charge in [-0.2, -0.15) is 5.10 Å². The highest BCUT2D eigenvalue weighted by Gasteiger charge is 2.07. The molecule has 3 aromatic rings. The molecule has 0 saturated carbocycles. The molecule has 6 heteroatoms. The highest BCUT2D eigenvalue weighted by molar-refractivity contribution is 5.91. The van der Waals surface area contributed by atoms with Crippen LogP contribution in [0.3, 0.4) is 0 Å². The van der Waals surface area contributed by atoms with Crippen molar-refractivity contribution in [1.82, 2.24) is 5.43 Å². The Morgan fingerprint density at radius 1 is 0.938 bits per heavy atom. The first-order valence-electron chi connectivity index (χ1n) is 10.5. The largest absolute Gasteiger partial charge is 0.484 e. The summed E-state index contributed by atoms with van der Waals surface area (Å²) in [5, 5.41) is 3.93. The fourth-order valence-electron chi connectivity index (χ4n) is 2.85. The third-order valence-corrected chi connectivity index (χ3v) is 4.93. The van der Waals surface area contributed by atoms with Crippen molar-refractivity contribution in [2.75, 3.05) is 6.61 Å². The number of esters is 1. The van der Waals surface area contributed by atoms with Crippen molar-refractivity contribution in [2.24, 2.45) is 5.10 Å². The first kappa shape index (κ1) is 22.7. The molecule has 0 spiro atoms. The number of amides is 1. The van der Waals surface area contributed by atoms with Gasteiger partial charge in [0.1, 0.15) is 11.5 Å². The van der Waals surface area contributed by atoms with Gasteiger partial charge in [-0.1, -0.05) is 44.2 Å². The van der Waals surface area contributed by atoms with Crippen molar-refractivity contribution < 1.29 is 19.1 Å². The van der Waals surface area contributed by atoms with E-state index < -0.39 is 5.97 Å². The number of carbonyl (C=O) groups excluding carboxylic acids is 2. The van der Waals surface area contributed by atoms with Gasteiger partial charge in [-0.25, -0.2) is 10.2 Å². The number of hydrogen-bond donors (Lipinski definition) is 1. The van der Waals surface area contributed by atoms with Gasteiger partial charge in [0.05, 0.1) is 11.8 Å². The Morgan fingerprint density at radius 2 is 1.59 bits per heavy atom. The van der Waals surface area contributed by atoms with Crippen LogP contribution in [0.2, 0.25) is 0 Å². The number of nitrogens with zero attached hydrogens (tertiary/aromatic N) is 1. The van der Waals surface area contributed by atoms with Crippen LogP contribution in [0.15, 0.2) is 84.0 Å². The molecule has 3 rings (SSSR count). The summed E-state index contributed by atoms with van der Waals surface area (Å²) >= 11 is 0. The second-order valence-electron chi connectivity index (χ2n) is 7.28. The summed E-state index contributed by atoms with van der Waals surface area (Å²) in [6.45, 7) is 4.19. The average Bonchev–Trinajstić information content (AvgIpc) is 2.84. The fraction of sp³-hybridized carbons (Fsp3) is 0.192. The van der Waals surface area contributed by atoms with E-state index in [-0.39, 0.29) is 12.5 Å². The zero-order valence-corrected chi connectivity index (χ0v) is 18.2. The SMILES string of the molecule is CCC(C)c1ccc(OCC(=O)NN=Cc2ccc(OC(=O)c3ccccc3)cc2)cc1. The Kier molecular flexibility index (Phi) is 8.15. The molecular formula is C26H26N2O4. The van der Waals surface area contributed by atoms with Crippen LogP contribution >= 0.6 is 0 Å². The summed E-state index contributed by atoms with van der Waals surface area (Å²) in [4.78, 5) is 24.0. The molecule has 0 saturated heterocycles. The third-order valence-electron chi connectivity index (χ3n) is 4.93. The molecule has 0 aliphatic heterocycles. The monoisotopic (exact) mass is 430 g/mol. The van der Waals surface area contributed by atoms with Crippen LogP contribution in [0.1, 0.15) is 47.7 Å². The summed E-state index contributed by atoms with van der Waals surface area (Å²) in [5.74, 6) is 0.769. The van der Waals surface area contributed by atoms with Gasteiger partial charge in [0.25, 0.3) is 5.91 Å². The molecule has 0 bridgehead atoms. The molecule has 0 radical (unpaired) electrons. The zero-order valence-electron chi connectivity index (χ0n) is 18.2. The van der Waals surface area contributed by atoms with Crippen LogP contribution in [0.25, 0.3) is 0 Å². The lowest BCUT2D eigenvalue weighted by molar-refractivity contribution is -0.123. The number of hydrogen-bond acceptors (Lipinski definition) is 5. The minimum atomic E-state index is -0.422. The molecule has 1 amide bonds. The van der Waals surface area contributed by atoms with Gasteiger partial charge in [0.15, 0.2) is 6.61 Å². The standard InChI is InChI=1S/C26H26N2O4/c1-3-19(2)21-11-15-23(16-12-21)31-18-25(29)28-27-17-20-9-13-24(14-10-20)32-26(30)22-7-5-4-6-8-22/h4-17,19H,3,18H2,1-2H3,(H,28,29). The van der Waals surface area contributed by atoms with Gasteiger partial charge in [-0.3, -0.25) is 4.79 Å². The van der Waals surface area contributed by atoms with Gasteiger partial charge in [0, 0.05) is 0 Å². The van der Waals surface area contributed by atoms with E-state index in [9.17, 15) is 9.59 Å². The Labute approximate surface area is 187 Å². The zero-order chi connectivity index (χ0) is 22.8. The summed E-state index contributed by atoms with van der Waals surface area (Å²) in [6.07, 6.45) is 2.57. The maximum absolute atomic E-state index is 12.1. The normalized spacial score (nSPS) is 11.7. The quantitative estimate of drug-likeness (QED) is 0.226. The minimum Gasteiger partial charge on any atom is -0.484 e. The molecule has 0 fully saturated rings. The summed E-state index contributed by atoms with van der Waals surface area (Å²) in [5.41, 5.74) is 4.90. The molecule has 1 atom stereocenters. The molecule has 32 heavy (non-hydrogen) atoms. The van der Waals surface area contributed by atoms with Crippen LogP contribution in [0, 0.1) is 0 Å². The first-order valence-corrected chi connectivity index (χ1v) is 10.5. The van der Waals surface area contributed by atoms with Crippen LogP contribution in [0.5, 0.6) is 11.5 Å². The number of benzene rings is 3.